The van der Waals surface area contributed by atoms with Crippen molar-refractivity contribution in [2.75, 3.05) is 12.4 Å². The number of anilines is 1. The maximum absolute atomic E-state index is 11.3. The normalized spacial score (nSPS) is 16.9. The van der Waals surface area contributed by atoms with Gasteiger partial charge in [0.25, 0.3) is 0 Å². The maximum Gasteiger partial charge on any atom is 0.358 e. The first kappa shape index (κ1) is 13.5. The lowest BCUT2D eigenvalue weighted by molar-refractivity contribution is 0.0593. The van der Waals surface area contributed by atoms with Crippen LogP contribution in [-0.4, -0.2) is 29.3 Å². The van der Waals surface area contributed by atoms with E-state index in [2.05, 4.69) is 44.5 Å². The summed E-state index contributed by atoms with van der Waals surface area (Å²) < 4.78 is 4.60. The molecule has 1 aromatic heterocycles. The zero-order valence-electron chi connectivity index (χ0n) is 11.9. The highest BCUT2D eigenvalue weighted by Crippen LogP contribution is 2.22. The van der Waals surface area contributed by atoms with Crippen LogP contribution in [-0.2, 0) is 17.6 Å². The number of hydrogen-bond donors (Lipinski definition) is 1. The summed E-state index contributed by atoms with van der Waals surface area (Å²) in [6.07, 6.45) is 3.12. The Hall–Kier alpha value is -2.43. The molecule has 0 aliphatic heterocycles. The number of methoxy groups -OCH3 is 1. The molecule has 0 spiro atoms. The first-order chi connectivity index (χ1) is 10.3. The van der Waals surface area contributed by atoms with E-state index in [-0.39, 0.29) is 5.69 Å². The van der Waals surface area contributed by atoms with E-state index in [1.165, 1.54) is 18.2 Å². The molecule has 3 rings (SSSR count). The molecule has 1 aliphatic carbocycles. The van der Waals surface area contributed by atoms with Gasteiger partial charge in [-0.05, 0) is 42.5 Å². The average Bonchev–Trinajstić information content (AvgIpc) is 2.55. The molecule has 0 bridgehead atoms. The van der Waals surface area contributed by atoms with Gasteiger partial charge < -0.3 is 10.1 Å². The number of fused-ring (bicyclic) bond motifs is 1. The number of carbonyl (C=O) groups is 1. The minimum absolute atomic E-state index is 0.219. The van der Waals surface area contributed by atoms with E-state index < -0.39 is 5.97 Å². The van der Waals surface area contributed by atoms with E-state index in [9.17, 15) is 4.79 Å². The van der Waals surface area contributed by atoms with Gasteiger partial charge in [0, 0.05) is 6.04 Å². The Morgan fingerprint density at radius 2 is 2.00 bits per heavy atom. The van der Waals surface area contributed by atoms with Crippen LogP contribution in [0.2, 0.25) is 0 Å². The first-order valence-corrected chi connectivity index (χ1v) is 7.01. The standard InChI is InChI=1S/C16H17N3O2/c1-21-16(20)14-8-9-15(19-18-14)17-13-7-6-11-4-2-3-5-12(11)10-13/h2-5,8-9,13H,6-7,10H2,1H3,(H,17,19). The van der Waals surface area contributed by atoms with Crippen LogP contribution < -0.4 is 5.32 Å². The van der Waals surface area contributed by atoms with Gasteiger partial charge in [-0.25, -0.2) is 4.79 Å². The fourth-order valence-corrected chi connectivity index (χ4v) is 2.65. The summed E-state index contributed by atoms with van der Waals surface area (Å²) in [7, 11) is 1.33. The minimum Gasteiger partial charge on any atom is -0.464 e. The van der Waals surface area contributed by atoms with Crippen molar-refractivity contribution in [2.45, 2.75) is 25.3 Å². The third-order valence-corrected chi connectivity index (χ3v) is 3.76. The molecule has 5 heteroatoms. The largest absolute Gasteiger partial charge is 0.464 e. The van der Waals surface area contributed by atoms with Crippen LogP contribution in [0.1, 0.15) is 28.0 Å². The molecule has 0 saturated carbocycles. The fourth-order valence-electron chi connectivity index (χ4n) is 2.65. The molecule has 108 valence electrons. The third-order valence-electron chi connectivity index (χ3n) is 3.76. The summed E-state index contributed by atoms with van der Waals surface area (Å²) in [4.78, 5) is 11.3. The highest BCUT2D eigenvalue weighted by Gasteiger charge is 2.18. The lowest BCUT2D eigenvalue weighted by Crippen LogP contribution is -2.27. The summed E-state index contributed by atoms with van der Waals surface area (Å²) in [6.45, 7) is 0. The molecule has 2 aromatic rings. The van der Waals surface area contributed by atoms with Crippen molar-refractivity contribution in [3.63, 3.8) is 0 Å². The molecule has 1 aromatic carbocycles. The van der Waals surface area contributed by atoms with Crippen LogP contribution >= 0.6 is 0 Å². The quantitative estimate of drug-likeness (QED) is 0.875. The monoisotopic (exact) mass is 283 g/mol. The second-order valence-electron chi connectivity index (χ2n) is 5.15. The smallest absolute Gasteiger partial charge is 0.358 e. The predicted octanol–water partition coefficient (Wildman–Crippen LogP) is 2.23. The lowest BCUT2D eigenvalue weighted by Gasteiger charge is -2.25. The molecule has 0 radical (unpaired) electrons. The topological polar surface area (TPSA) is 64.1 Å². The molecule has 1 atom stereocenters. The van der Waals surface area contributed by atoms with E-state index in [0.717, 1.165) is 19.3 Å². The molecule has 21 heavy (non-hydrogen) atoms. The predicted molar refractivity (Wildman–Crippen MR) is 79.2 cm³/mol. The van der Waals surface area contributed by atoms with Crippen molar-refractivity contribution in [3.8, 4) is 0 Å². The van der Waals surface area contributed by atoms with Gasteiger partial charge in [-0.1, -0.05) is 24.3 Å². The van der Waals surface area contributed by atoms with E-state index in [1.807, 2.05) is 0 Å². The average molecular weight is 283 g/mol. The summed E-state index contributed by atoms with van der Waals surface area (Å²) in [5, 5.41) is 11.3. The van der Waals surface area contributed by atoms with Gasteiger partial charge in [0.1, 0.15) is 5.82 Å². The van der Waals surface area contributed by atoms with Gasteiger partial charge in [-0.3, -0.25) is 0 Å². The fraction of sp³-hybridized carbons (Fsp3) is 0.312. The van der Waals surface area contributed by atoms with Crippen LogP contribution in [0, 0.1) is 0 Å². The molecule has 5 nitrogen and oxygen atoms in total. The Balaban J connectivity index is 1.66. The Labute approximate surface area is 123 Å². The SMILES string of the molecule is COC(=O)c1ccc(NC2CCc3ccccc3C2)nn1. The second-order valence-corrected chi connectivity index (χ2v) is 5.15. The maximum atomic E-state index is 11.3. The summed E-state index contributed by atoms with van der Waals surface area (Å²) >= 11 is 0. The summed E-state index contributed by atoms with van der Waals surface area (Å²) in [5.74, 6) is 0.215. The number of carbonyl (C=O) groups excluding carboxylic acids is 1. The molecule has 1 aliphatic rings. The Bertz CT molecular complexity index is 640. The zero-order valence-corrected chi connectivity index (χ0v) is 11.9. The molecule has 0 amide bonds. The van der Waals surface area contributed by atoms with Crippen LogP contribution in [0.3, 0.4) is 0 Å². The lowest BCUT2D eigenvalue weighted by atomic mass is 9.88. The minimum atomic E-state index is -0.472. The number of esters is 1. The summed E-state index contributed by atoms with van der Waals surface area (Å²) in [5.41, 5.74) is 3.04. The van der Waals surface area contributed by atoms with Gasteiger partial charge in [-0.15, -0.1) is 10.2 Å². The van der Waals surface area contributed by atoms with Crippen LogP contribution in [0.4, 0.5) is 5.82 Å². The highest BCUT2D eigenvalue weighted by atomic mass is 16.5. The molecule has 1 unspecified atom stereocenters. The van der Waals surface area contributed by atoms with Crippen molar-refractivity contribution in [3.05, 3.63) is 53.2 Å². The number of ether oxygens (including phenoxy) is 1. The van der Waals surface area contributed by atoms with Crippen LogP contribution in [0.15, 0.2) is 36.4 Å². The van der Waals surface area contributed by atoms with E-state index in [0.29, 0.717) is 11.9 Å². The van der Waals surface area contributed by atoms with E-state index in [1.54, 1.807) is 12.1 Å². The Morgan fingerprint density at radius 1 is 1.19 bits per heavy atom. The zero-order chi connectivity index (χ0) is 14.7. The van der Waals surface area contributed by atoms with Gasteiger partial charge in [0.2, 0.25) is 0 Å². The molecule has 1 heterocycles. The van der Waals surface area contributed by atoms with Gasteiger partial charge >= 0.3 is 5.97 Å². The van der Waals surface area contributed by atoms with Crippen molar-refractivity contribution in [1.29, 1.82) is 0 Å². The van der Waals surface area contributed by atoms with Crippen molar-refractivity contribution in [1.82, 2.24) is 10.2 Å². The number of nitrogens with one attached hydrogen (secondary N) is 1. The first-order valence-electron chi connectivity index (χ1n) is 7.01. The van der Waals surface area contributed by atoms with Gasteiger partial charge in [-0.2, -0.15) is 0 Å². The van der Waals surface area contributed by atoms with Crippen molar-refractivity contribution < 1.29 is 9.53 Å². The van der Waals surface area contributed by atoms with Crippen LogP contribution in [0.25, 0.3) is 0 Å². The van der Waals surface area contributed by atoms with Crippen molar-refractivity contribution >= 4 is 11.8 Å². The second kappa shape index (κ2) is 5.91. The molecular weight excluding hydrogens is 266 g/mol. The third kappa shape index (κ3) is 3.02. The Morgan fingerprint density at radius 3 is 2.71 bits per heavy atom. The number of aryl methyl sites for hydroxylation is 1. The van der Waals surface area contributed by atoms with Gasteiger partial charge in [0.05, 0.1) is 7.11 Å². The number of benzene rings is 1. The number of nitrogens with zero attached hydrogens (tertiary/aromatic N) is 2. The van der Waals surface area contributed by atoms with Crippen molar-refractivity contribution in [2.24, 2.45) is 0 Å². The molecule has 0 saturated heterocycles. The van der Waals surface area contributed by atoms with E-state index >= 15 is 0 Å². The van der Waals surface area contributed by atoms with E-state index in [4.69, 9.17) is 0 Å². The number of hydrogen-bond acceptors (Lipinski definition) is 5. The van der Waals surface area contributed by atoms with Crippen LogP contribution in [0.5, 0.6) is 0 Å². The number of rotatable bonds is 3. The Kier molecular flexibility index (Phi) is 3.81. The molecule has 1 N–H and O–H groups in total. The molecule has 0 fully saturated rings. The highest BCUT2D eigenvalue weighted by molar-refractivity contribution is 5.86. The van der Waals surface area contributed by atoms with Gasteiger partial charge in [0.15, 0.2) is 5.69 Å². The summed E-state index contributed by atoms with van der Waals surface area (Å²) in [6, 6.07) is 12.3. The number of aromatic nitrogens is 2. The molecular formula is C16H17N3O2.